The van der Waals surface area contributed by atoms with Crippen LogP contribution >= 0.6 is 0 Å². The fourth-order valence-corrected chi connectivity index (χ4v) is 3.58. The van der Waals surface area contributed by atoms with Crippen molar-refractivity contribution >= 4 is 21.6 Å². The number of rotatable bonds is 6. The number of piperidine rings is 1. The van der Waals surface area contributed by atoms with Gasteiger partial charge < -0.3 is 10.6 Å². The smallest absolute Gasteiger partial charge is 0.251 e. The normalized spacial score (nSPS) is 16.2. The Morgan fingerprint density at radius 3 is 2.73 bits per heavy atom. The molecule has 1 fully saturated rings. The fraction of sp³-hybridized carbons (Fsp3) is 0.533. The lowest BCUT2D eigenvalue weighted by Gasteiger charge is -2.23. The molecule has 7 heteroatoms. The van der Waals surface area contributed by atoms with E-state index >= 15 is 0 Å². The van der Waals surface area contributed by atoms with Crippen molar-refractivity contribution in [2.24, 2.45) is 0 Å². The Kier molecular flexibility index (Phi) is 5.79. The first-order valence-corrected chi connectivity index (χ1v) is 9.27. The molecule has 2 rings (SSSR count). The van der Waals surface area contributed by atoms with Crippen molar-refractivity contribution in [2.45, 2.75) is 32.2 Å². The Hall–Kier alpha value is -1.60. The van der Waals surface area contributed by atoms with E-state index in [4.69, 9.17) is 0 Å². The highest BCUT2D eigenvalue weighted by molar-refractivity contribution is 7.92. The van der Waals surface area contributed by atoms with Gasteiger partial charge in [-0.25, -0.2) is 8.42 Å². The average Bonchev–Trinajstić information content (AvgIpc) is 2.48. The largest absolute Gasteiger partial charge is 0.349 e. The first-order valence-electron chi connectivity index (χ1n) is 7.62. The first-order chi connectivity index (χ1) is 10.5. The van der Waals surface area contributed by atoms with Gasteiger partial charge >= 0.3 is 0 Å². The Labute approximate surface area is 131 Å². The summed E-state index contributed by atoms with van der Waals surface area (Å²) >= 11 is 0. The topological polar surface area (TPSA) is 87.3 Å². The van der Waals surface area contributed by atoms with Crippen LogP contribution < -0.4 is 15.4 Å². The maximum absolute atomic E-state index is 12.2. The van der Waals surface area contributed by atoms with E-state index in [1.54, 1.807) is 24.3 Å². The minimum absolute atomic E-state index is 0.0680. The third-order valence-corrected chi connectivity index (χ3v) is 5.04. The lowest BCUT2D eigenvalue weighted by molar-refractivity contribution is 0.0929. The molecule has 0 bridgehead atoms. The summed E-state index contributed by atoms with van der Waals surface area (Å²) < 4.78 is 26.1. The molecule has 6 nitrogen and oxygen atoms in total. The molecule has 0 atom stereocenters. The van der Waals surface area contributed by atoms with Gasteiger partial charge in [0.1, 0.15) is 0 Å². The molecular weight excluding hydrogens is 302 g/mol. The third kappa shape index (κ3) is 4.99. The van der Waals surface area contributed by atoms with Gasteiger partial charge in [0.2, 0.25) is 10.0 Å². The van der Waals surface area contributed by atoms with Crippen LogP contribution in [-0.2, 0) is 10.0 Å². The fourth-order valence-electron chi connectivity index (χ4n) is 2.46. The lowest BCUT2D eigenvalue weighted by Crippen LogP contribution is -2.42. The highest BCUT2D eigenvalue weighted by Gasteiger charge is 2.17. The van der Waals surface area contributed by atoms with E-state index in [2.05, 4.69) is 15.4 Å². The first kappa shape index (κ1) is 16.8. The number of amides is 1. The molecule has 0 saturated carbocycles. The maximum Gasteiger partial charge on any atom is 0.251 e. The average molecular weight is 325 g/mol. The summed E-state index contributed by atoms with van der Waals surface area (Å²) in [6.07, 6.45) is 2.37. The van der Waals surface area contributed by atoms with Crippen LogP contribution in [0.5, 0.6) is 0 Å². The molecule has 0 unspecified atom stereocenters. The van der Waals surface area contributed by atoms with Gasteiger partial charge in [-0.15, -0.1) is 0 Å². The summed E-state index contributed by atoms with van der Waals surface area (Å²) in [7, 11) is -3.34. The summed E-state index contributed by atoms with van der Waals surface area (Å²) in [6, 6.07) is 6.77. The number of carbonyl (C=O) groups excluding carboxylic acids is 1. The van der Waals surface area contributed by atoms with Gasteiger partial charge in [-0.3, -0.25) is 9.52 Å². The molecule has 22 heavy (non-hydrogen) atoms. The summed E-state index contributed by atoms with van der Waals surface area (Å²) in [6.45, 7) is 3.62. The van der Waals surface area contributed by atoms with Crippen molar-refractivity contribution in [2.75, 3.05) is 23.6 Å². The predicted molar refractivity (Wildman–Crippen MR) is 87.5 cm³/mol. The number of benzene rings is 1. The predicted octanol–water partition coefficient (Wildman–Crippen LogP) is 1.32. The van der Waals surface area contributed by atoms with Crippen LogP contribution in [0.4, 0.5) is 5.69 Å². The zero-order valence-electron chi connectivity index (χ0n) is 12.8. The highest BCUT2D eigenvalue weighted by atomic mass is 32.2. The van der Waals surface area contributed by atoms with Gasteiger partial charge in [-0.1, -0.05) is 13.0 Å². The molecule has 0 radical (unpaired) electrons. The Morgan fingerprint density at radius 1 is 1.32 bits per heavy atom. The number of hydrogen-bond acceptors (Lipinski definition) is 4. The van der Waals surface area contributed by atoms with Crippen LogP contribution in [0, 0.1) is 0 Å². The van der Waals surface area contributed by atoms with Gasteiger partial charge in [0, 0.05) is 17.3 Å². The monoisotopic (exact) mass is 325 g/mol. The third-order valence-electron chi connectivity index (χ3n) is 3.55. The van der Waals surface area contributed by atoms with Crippen LogP contribution in [-0.4, -0.2) is 39.2 Å². The summed E-state index contributed by atoms with van der Waals surface area (Å²) in [5.74, 6) is -0.0955. The second-order valence-electron chi connectivity index (χ2n) is 5.50. The molecule has 3 N–H and O–H groups in total. The summed E-state index contributed by atoms with van der Waals surface area (Å²) in [5.41, 5.74) is 0.890. The van der Waals surface area contributed by atoms with E-state index in [-0.39, 0.29) is 17.7 Å². The second kappa shape index (κ2) is 7.60. The van der Waals surface area contributed by atoms with E-state index < -0.39 is 10.0 Å². The van der Waals surface area contributed by atoms with Crippen LogP contribution in [0.25, 0.3) is 0 Å². The Morgan fingerprint density at radius 2 is 2.05 bits per heavy atom. The van der Waals surface area contributed by atoms with E-state index in [9.17, 15) is 13.2 Å². The SMILES string of the molecule is CCCS(=O)(=O)Nc1cccc(C(=O)NC2CCNCC2)c1. The van der Waals surface area contributed by atoms with Crippen molar-refractivity contribution in [1.82, 2.24) is 10.6 Å². The second-order valence-corrected chi connectivity index (χ2v) is 7.34. The van der Waals surface area contributed by atoms with Gasteiger partial charge in [0.05, 0.1) is 5.75 Å². The Bertz CT molecular complexity index is 610. The molecular formula is C15H23N3O3S. The van der Waals surface area contributed by atoms with Gasteiger partial charge in [0.15, 0.2) is 0 Å². The molecule has 1 saturated heterocycles. The van der Waals surface area contributed by atoms with Crippen LogP contribution in [0.15, 0.2) is 24.3 Å². The number of carbonyl (C=O) groups is 1. The van der Waals surface area contributed by atoms with E-state index in [1.807, 2.05) is 6.92 Å². The number of anilines is 1. The summed E-state index contributed by atoms with van der Waals surface area (Å²) in [5, 5.41) is 6.24. The molecule has 1 aromatic carbocycles. The van der Waals surface area contributed by atoms with Gasteiger partial charge in [-0.05, 0) is 50.6 Å². The van der Waals surface area contributed by atoms with Crippen LogP contribution in [0.1, 0.15) is 36.5 Å². The molecule has 1 aromatic rings. The molecule has 0 aromatic heterocycles. The molecule has 1 aliphatic rings. The molecule has 1 heterocycles. The van der Waals surface area contributed by atoms with Crippen molar-refractivity contribution in [3.8, 4) is 0 Å². The zero-order chi connectivity index (χ0) is 16.0. The number of nitrogens with one attached hydrogen (secondary N) is 3. The van der Waals surface area contributed by atoms with Gasteiger partial charge in [0.25, 0.3) is 5.91 Å². The molecule has 122 valence electrons. The highest BCUT2D eigenvalue weighted by Crippen LogP contribution is 2.14. The molecule has 0 spiro atoms. The number of hydrogen-bond donors (Lipinski definition) is 3. The molecule has 1 amide bonds. The van der Waals surface area contributed by atoms with E-state index in [1.165, 1.54) is 0 Å². The summed E-state index contributed by atoms with van der Waals surface area (Å²) in [4.78, 5) is 12.2. The molecule has 0 aliphatic carbocycles. The van der Waals surface area contributed by atoms with Crippen molar-refractivity contribution in [3.05, 3.63) is 29.8 Å². The quantitative estimate of drug-likeness (QED) is 0.736. The lowest BCUT2D eigenvalue weighted by atomic mass is 10.1. The van der Waals surface area contributed by atoms with E-state index in [0.29, 0.717) is 17.7 Å². The zero-order valence-corrected chi connectivity index (χ0v) is 13.6. The van der Waals surface area contributed by atoms with Crippen molar-refractivity contribution in [1.29, 1.82) is 0 Å². The van der Waals surface area contributed by atoms with Crippen molar-refractivity contribution in [3.63, 3.8) is 0 Å². The minimum Gasteiger partial charge on any atom is -0.349 e. The van der Waals surface area contributed by atoms with Crippen molar-refractivity contribution < 1.29 is 13.2 Å². The minimum atomic E-state index is -3.34. The van der Waals surface area contributed by atoms with Crippen LogP contribution in [0.3, 0.4) is 0 Å². The number of sulfonamides is 1. The van der Waals surface area contributed by atoms with Gasteiger partial charge in [-0.2, -0.15) is 0 Å². The molecule has 1 aliphatic heterocycles. The standard InChI is InChI=1S/C15H23N3O3S/c1-2-10-22(20,21)18-14-5-3-4-12(11-14)15(19)17-13-6-8-16-9-7-13/h3-5,11,13,16,18H,2,6-10H2,1H3,(H,17,19). The van der Waals surface area contributed by atoms with E-state index in [0.717, 1.165) is 25.9 Å². The maximum atomic E-state index is 12.2. The van der Waals surface area contributed by atoms with Crippen LogP contribution in [0.2, 0.25) is 0 Å². The Balaban J connectivity index is 2.02.